The molecule has 3 aromatic carbocycles. The van der Waals surface area contributed by atoms with Gasteiger partial charge in [-0.2, -0.15) is 0 Å². The van der Waals surface area contributed by atoms with Crippen LogP contribution in [0.4, 0.5) is 11.4 Å². The second-order valence-electron chi connectivity index (χ2n) is 11.5. The van der Waals surface area contributed by atoms with Gasteiger partial charge in [-0.05, 0) is 89.9 Å². The number of aromatic nitrogens is 2. The molecule has 0 bridgehead atoms. The van der Waals surface area contributed by atoms with E-state index in [0.717, 1.165) is 71.0 Å². The molecule has 238 valence electrons. The summed E-state index contributed by atoms with van der Waals surface area (Å²) >= 11 is 0. The van der Waals surface area contributed by atoms with Crippen LogP contribution in [0.5, 0.6) is 0 Å². The third-order valence-corrected chi connectivity index (χ3v) is 8.81. The Kier molecular flexibility index (Phi) is 8.73. The molecule has 1 heterocycles. The smallest absolute Gasteiger partial charge is 0.270 e. The fraction of sp³-hybridized carbons (Fsp3) is 0.273. The van der Waals surface area contributed by atoms with E-state index in [4.69, 9.17) is 5.84 Å². The maximum atomic E-state index is 13.2. The molecule has 2 amide bonds. The maximum absolute atomic E-state index is 13.2. The van der Waals surface area contributed by atoms with E-state index in [2.05, 4.69) is 53.2 Å². The molecule has 5 N–H and O–H groups in total. The second kappa shape index (κ2) is 13.2. The van der Waals surface area contributed by atoms with E-state index in [9.17, 15) is 19.2 Å². The standard InChI is InChI=1S/C33H32N10O4/c1-17-20(15-39-43-42-34)8-9-22-21(17)10-11-25(22)41-33(47)27-13-26(37-16-38-27)32(46)36-14-18-6-7-19-4-3-5-24(23(19)12-18)40-29-28(35-2)30(44)31(29)45/h6-9,12-13,15-16,24-25,40H,2-5,10-11,14H2,1H3,(H2,34,43)(H,36,46)(H,41,47)/b39-15+/t24?,25-/m0/s1. The van der Waals surface area contributed by atoms with Crippen LogP contribution < -0.4 is 32.7 Å². The number of nitrogens with one attached hydrogen (secondary N) is 3. The maximum Gasteiger partial charge on any atom is 0.270 e. The first-order chi connectivity index (χ1) is 22.8. The van der Waals surface area contributed by atoms with Gasteiger partial charge in [0.2, 0.25) is 0 Å². The molecule has 0 saturated carbocycles. The highest BCUT2D eigenvalue weighted by molar-refractivity contribution is 5.97. The highest BCUT2D eigenvalue weighted by Gasteiger charge is 2.28. The number of benzene rings is 2. The summed E-state index contributed by atoms with van der Waals surface area (Å²) in [5.74, 6) is 4.14. The zero-order chi connectivity index (χ0) is 33.1. The fourth-order valence-electron chi connectivity index (χ4n) is 6.36. The molecular weight excluding hydrogens is 600 g/mol. The Hall–Kier alpha value is -5.92. The summed E-state index contributed by atoms with van der Waals surface area (Å²) in [7, 11) is 0. The number of carbonyl (C=O) groups is 2. The van der Waals surface area contributed by atoms with E-state index in [1.54, 1.807) is 6.21 Å². The third-order valence-electron chi connectivity index (χ3n) is 8.81. The molecule has 2 aliphatic carbocycles. The SMILES string of the molecule is C=Nc1c(NC2CCCc3ccc(CNC(=O)c4cc(C(=O)N[C@H]5CCc6c5ccc(/C=N/N=N\N)c6C)ncn4)cc32)c(=O)c1=O. The van der Waals surface area contributed by atoms with Gasteiger partial charge in [0.15, 0.2) is 0 Å². The Bertz CT molecular complexity index is 2030. The van der Waals surface area contributed by atoms with Crippen molar-refractivity contribution in [3.05, 3.63) is 114 Å². The largest absolute Gasteiger partial charge is 0.373 e. The van der Waals surface area contributed by atoms with Crippen LogP contribution in [0.15, 0.2) is 72.9 Å². The summed E-state index contributed by atoms with van der Waals surface area (Å²) in [4.78, 5) is 62.0. The average Bonchev–Trinajstić information content (AvgIpc) is 3.51. The average molecular weight is 633 g/mol. The van der Waals surface area contributed by atoms with Gasteiger partial charge in [0.1, 0.15) is 29.1 Å². The quantitative estimate of drug-likeness (QED) is 0.0670. The minimum absolute atomic E-state index is 0.0634. The van der Waals surface area contributed by atoms with Crippen molar-refractivity contribution in [3.8, 4) is 0 Å². The Morgan fingerprint density at radius 2 is 1.81 bits per heavy atom. The van der Waals surface area contributed by atoms with Crippen molar-refractivity contribution >= 4 is 36.1 Å². The van der Waals surface area contributed by atoms with Gasteiger partial charge < -0.3 is 21.8 Å². The monoisotopic (exact) mass is 632 g/mol. The number of carbonyl (C=O) groups excluding carboxylic acids is 2. The van der Waals surface area contributed by atoms with Crippen molar-refractivity contribution in [2.24, 2.45) is 26.4 Å². The number of aryl methyl sites for hydroxylation is 1. The van der Waals surface area contributed by atoms with E-state index >= 15 is 0 Å². The van der Waals surface area contributed by atoms with Crippen LogP contribution in [0.2, 0.25) is 0 Å². The Balaban J connectivity index is 1.10. The lowest BCUT2D eigenvalue weighted by Crippen LogP contribution is -2.35. The van der Waals surface area contributed by atoms with Crippen molar-refractivity contribution in [3.63, 3.8) is 0 Å². The van der Waals surface area contributed by atoms with E-state index in [-0.39, 0.29) is 41.4 Å². The molecule has 0 aliphatic heterocycles. The highest BCUT2D eigenvalue weighted by Crippen LogP contribution is 2.36. The van der Waals surface area contributed by atoms with Crippen molar-refractivity contribution in [2.45, 2.75) is 57.7 Å². The molecule has 0 radical (unpaired) electrons. The molecule has 0 fully saturated rings. The first-order valence-corrected chi connectivity index (χ1v) is 15.1. The number of nitrogens with two attached hydrogens (primary N) is 1. The lowest BCUT2D eigenvalue weighted by atomic mass is 9.86. The molecule has 0 spiro atoms. The van der Waals surface area contributed by atoms with Gasteiger partial charge in [-0.1, -0.05) is 35.6 Å². The summed E-state index contributed by atoms with van der Waals surface area (Å²) in [6.07, 6.45) is 6.87. The van der Waals surface area contributed by atoms with E-state index < -0.39 is 22.7 Å². The molecule has 47 heavy (non-hydrogen) atoms. The highest BCUT2D eigenvalue weighted by atomic mass is 16.2. The van der Waals surface area contributed by atoms with Crippen molar-refractivity contribution < 1.29 is 9.59 Å². The molecule has 14 heteroatoms. The molecule has 4 aromatic rings. The van der Waals surface area contributed by atoms with Crippen molar-refractivity contribution in [1.82, 2.24) is 20.6 Å². The minimum atomic E-state index is -0.631. The van der Waals surface area contributed by atoms with Crippen LogP contribution in [0.3, 0.4) is 0 Å². The zero-order valence-electron chi connectivity index (χ0n) is 25.6. The summed E-state index contributed by atoms with van der Waals surface area (Å²) in [6.45, 7) is 5.60. The first kappa shape index (κ1) is 31.1. The molecule has 6 rings (SSSR count). The zero-order valence-corrected chi connectivity index (χ0v) is 25.6. The summed E-state index contributed by atoms with van der Waals surface area (Å²) < 4.78 is 0. The molecule has 14 nitrogen and oxygen atoms in total. The molecule has 1 unspecified atom stereocenters. The van der Waals surface area contributed by atoms with Crippen LogP contribution in [0.25, 0.3) is 0 Å². The van der Waals surface area contributed by atoms with Crippen LogP contribution in [0, 0.1) is 6.92 Å². The van der Waals surface area contributed by atoms with Crippen LogP contribution >= 0.6 is 0 Å². The normalized spacial score (nSPS) is 17.0. The van der Waals surface area contributed by atoms with E-state index in [1.165, 1.54) is 12.4 Å². The number of hydrogen-bond donors (Lipinski definition) is 4. The number of anilines is 1. The first-order valence-electron chi connectivity index (χ1n) is 15.1. The Morgan fingerprint density at radius 1 is 1.00 bits per heavy atom. The van der Waals surface area contributed by atoms with Gasteiger partial charge in [-0.15, -0.1) is 5.10 Å². The predicted octanol–water partition coefficient (Wildman–Crippen LogP) is 3.21. The van der Waals surface area contributed by atoms with Crippen LogP contribution in [0.1, 0.15) is 91.3 Å². The second-order valence-corrected chi connectivity index (χ2v) is 11.5. The summed E-state index contributed by atoms with van der Waals surface area (Å²) in [5.41, 5.74) is 6.26. The number of rotatable bonds is 10. The molecular formula is C33H32N10O4. The molecule has 1 aromatic heterocycles. The van der Waals surface area contributed by atoms with Gasteiger partial charge in [-0.25, -0.2) is 9.97 Å². The lowest BCUT2D eigenvalue weighted by molar-refractivity contribution is 0.0931. The van der Waals surface area contributed by atoms with Gasteiger partial charge in [0.05, 0.1) is 18.3 Å². The molecule has 2 aliphatic rings. The Labute approximate surface area is 269 Å². The van der Waals surface area contributed by atoms with Gasteiger partial charge >= 0.3 is 0 Å². The number of fused-ring (bicyclic) bond motifs is 2. The summed E-state index contributed by atoms with van der Waals surface area (Å²) in [5, 5.41) is 19.5. The summed E-state index contributed by atoms with van der Waals surface area (Å²) in [6, 6.07) is 10.8. The number of aliphatic imine (C=N–C) groups is 1. The topological polar surface area (TPSA) is 206 Å². The lowest BCUT2D eigenvalue weighted by Gasteiger charge is -2.28. The predicted molar refractivity (Wildman–Crippen MR) is 176 cm³/mol. The Morgan fingerprint density at radius 3 is 2.60 bits per heavy atom. The molecule has 0 saturated heterocycles. The number of hydrogen-bond acceptors (Lipinski definition) is 10. The molecule has 2 atom stereocenters. The van der Waals surface area contributed by atoms with Gasteiger partial charge in [-0.3, -0.25) is 24.2 Å². The van der Waals surface area contributed by atoms with Gasteiger partial charge in [0.25, 0.3) is 22.7 Å². The van der Waals surface area contributed by atoms with Crippen LogP contribution in [-0.2, 0) is 19.4 Å². The minimum Gasteiger partial charge on any atom is -0.373 e. The van der Waals surface area contributed by atoms with Gasteiger partial charge in [0, 0.05) is 12.6 Å². The van der Waals surface area contributed by atoms with Crippen LogP contribution in [-0.4, -0.2) is 34.7 Å². The van der Waals surface area contributed by atoms with Crippen molar-refractivity contribution in [2.75, 3.05) is 5.32 Å². The number of nitrogens with zero attached hydrogens (tertiary/aromatic N) is 6. The van der Waals surface area contributed by atoms with E-state index in [0.29, 0.717) is 0 Å². The van der Waals surface area contributed by atoms with Crippen molar-refractivity contribution in [1.29, 1.82) is 0 Å². The number of amides is 2. The van der Waals surface area contributed by atoms with E-state index in [1.807, 2.05) is 37.3 Å². The third kappa shape index (κ3) is 6.17. The fourth-order valence-corrected chi connectivity index (χ4v) is 6.36.